The van der Waals surface area contributed by atoms with Crippen LogP contribution in [0.2, 0.25) is 19.6 Å². The van der Waals surface area contributed by atoms with Crippen molar-refractivity contribution in [3.05, 3.63) is 35.9 Å². The molecule has 27 heavy (non-hydrogen) atoms. The Balaban J connectivity index is 3.43. The lowest BCUT2D eigenvalue weighted by molar-refractivity contribution is -0.278. The van der Waals surface area contributed by atoms with E-state index in [2.05, 4.69) is 11.5 Å². The van der Waals surface area contributed by atoms with Crippen LogP contribution in [0, 0.1) is 16.9 Å². The van der Waals surface area contributed by atoms with Gasteiger partial charge in [0, 0.05) is 18.1 Å². The van der Waals surface area contributed by atoms with Gasteiger partial charge in [-0.15, -0.1) is 5.54 Å². The third-order valence-corrected chi connectivity index (χ3v) is 4.66. The molecule has 0 radical (unpaired) electrons. The van der Waals surface area contributed by atoms with Gasteiger partial charge in [0.15, 0.2) is 6.10 Å². The molecule has 0 amide bonds. The van der Waals surface area contributed by atoms with Gasteiger partial charge < -0.3 is 9.47 Å². The average molecular weight is 401 g/mol. The summed E-state index contributed by atoms with van der Waals surface area (Å²) in [5.74, 6) is 1.36. The minimum Gasteiger partial charge on any atom is -0.446 e. The van der Waals surface area contributed by atoms with Gasteiger partial charge in [-0.05, 0) is 0 Å². The van der Waals surface area contributed by atoms with Crippen molar-refractivity contribution in [1.29, 1.82) is 0 Å². The molecular formula is C20H27F3O3Si. The number of carbonyl (C=O) groups is 1. The molecule has 0 aliphatic rings. The molecule has 3 nitrogen and oxygen atoms in total. The zero-order valence-corrected chi connectivity index (χ0v) is 17.8. The van der Waals surface area contributed by atoms with Crippen LogP contribution in [0.3, 0.4) is 0 Å². The van der Waals surface area contributed by atoms with Crippen molar-refractivity contribution in [3.8, 4) is 11.5 Å². The molecule has 0 aromatic heterocycles. The summed E-state index contributed by atoms with van der Waals surface area (Å²) in [7, 11) is -0.962. The van der Waals surface area contributed by atoms with Crippen molar-refractivity contribution in [2.45, 2.75) is 58.3 Å². The third-order valence-electron chi connectivity index (χ3n) is 3.76. The second-order valence-corrected chi connectivity index (χ2v) is 13.2. The summed E-state index contributed by atoms with van der Waals surface area (Å²) in [5, 5.41) is 0. The van der Waals surface area contributed by atoms with Gasteiger partial charge in [0.05, 0.1) is 0 Å². The van der Waals surface area contributed by atoms with E-state index in [1.807, 2.05) is 19.6 Å². The van der Waals surface area contributed by atoms with Crippen LogP contribution in [0.1, 0.15) is 26.3 Å². The summed E-state index contributed by atoms with van der Waals surface area (Å²) < 4.78 is 52.0. The predicted octanol–water partition coefficient (Wildman–Crippen LogP) is 4.93. The molecule has 0 fully saturated rings. The molecule has 0 aliphatic heterocycles. The molecule has 0 spiro atoms. The summed E-state index contributed by atoms with van der Waals surface area (Å²) >= 11 is 0. The quantitative estimate of drug-likeness (QED) is 0.408. The number of rotatable bonds is 4. The monoisotopic (exact) mass is 400 g/mol. The molecule has 0 N–H and O–H groups in total. The van der Waals surface area contributed by atoms with E-state index in [9.17, 15) is 18.0 Å². The summed E-state index contributed by atoms with van der Waals surface area (Å²) in [5.41, 5.74) is -1.14. The molecule has 1 aromatic carbocycles. The molecule has 150 valence electrons. The van der Waals surface area contributed by atoms with Crippen LogP contribution >= 0.6 is 0 Å². The number of halogens is 3. The number of esters is 1. The number of benzene rings is 1. The molecule has 0 saturated carbocycles. The highest BCUT2D eigenvalue weighted by Gasteiger charge is 2.64. The maximum atomic E-state index is 14.0. The molecule has 1 rings (SSSR count). The number of hydrogen-bond acceptors (Lipinski definition) is 3. The molecule has 7 heteroatoms. The molecule has 0 bridgehead atoms. The fourth-order valence-electron chi connectivity index (χ4n) is 2.28. The minimum atomic E-state index is -5.01. The highest BCUT2D eigenvalue weighted by atomic mass is 28.3. The highest BCUT2D eigenvalue weighted by molar-refractivity contribution is 6.83. The number of carbonyl (C=O) groups excluding carboxylic acids is 1. The number of ether oxygens (including phenoxy) is 2. The minimum absolute atomic E-state index is 0.337. The van der Waals surface area contributed by atoms with Crippen molar-refractivity contribution < 1.29 is 27.4 Å². The zero-order chi connectivity index (χ0) is 21.1. The van der Waals surface area contributed by atoms with Gasteiger partial charge in [-0.1, -0.05) is 76.7 Å². The van der Waals surface area contributed by atoms with Crippen LogP contribution < -0.4 is 0 Å². The van der Waals surface area contributed by atoms with E-state index in [1.165, 1.54) is 24.3 Å². The van der Waals surface area contributed by atoms with E-state index < -0.39 is 37.3 Å². The predicted molar refractivity (Wildman–Crippen MR) is 102 cm³/mol. The van der Waals surface area contributed by atoms with Gasteiger partial charge in [0.2, 0.25) is 0 Å². The van der Waals surface area contributed by atoms with Gasteiger partial charge >= 0.3 is 12.1 Å². The maximum absolute atomic E-state index is 14.0. The van der Waals surface area contributed by atoms with Gasteiger partial charge in [-0.25, -0.2) is 4.79 Å². The van der Waals surface area contributed by atoms with Gasteiger partial charge in [0.1, 0.15) is 8.07 Å². The van der Waals surface area contributed by atoms with Gasteiger partial charge in [0.25, 0.3) is 5.60 Å². The van der Waals surface area contributed by atoms with Crippen molar-refractivity contribution in [2.24, 2.45) is 5.41 Å². The SMILES string of the molecule is CO[C@@](C(=O)O[C@@H](C#C[Si](C)(C)C)C(C)(C)C)(c1ccccc1)C(F)(F)F. The molecule has 0 saturated heterocycles. The lowest BCUT2D eigenvalue weighted by Crippen LogP contribution is -2.53. The first-order chi connectivity index (χ1) is 12.1. The summed E-state index contributed by atoms with van der Waals surface area (Å²) in [6, 6.07) is 6.77. The summed E-state index contributed by atoms with van der Waals surface area (Å²) in [6.45, 7) is 11.3. The fraction of sp³-hybridized carbons (Fsp3) is 0.550. The molecular weight excluding hydrogens is 373 g/mol. The van der Waals surface area contributed by atoms with Crippen LogP contribution in [0.25, 0.3) is 0 Å². The van der Waals surface area contributed by atoms with Crippen LogP contribution in [0.4, 0.5) is 13.2 Å². The number of methoxy groups -OCH3 is 1. The lowest BCUT2D eigenvalue weighted by atomic mass is 9.88. The Morgan fingerprint density at radius 1 is 1.07 bits per heavy atom. The van der Waals surface area contributed by atoms with Gasteiger partial charge in [-0.2, -0.15) is 13.2 Å². The van der Waals surface area contributed by atoms with Crippen LogP contribution in [-0.4, -0.2) is 33.4 Å². The topological polar surface area (TPSA) is 35.5 Å². The van der Waals surface area contributed by atoms with E-state index in [4.69, 9.17) is 9.47 Å². The molecule has 2 atom stereocenters. The standard InChI is InChI=1S/C20H27F3O3Si/c1-18(2,3)16(13-14-27(5,6)7)26-17(24)19(25-4,20(21,22)23)15-11-9-8-10-12-15/h8-12,16H,1-7H3/t16-,19+/m0/s1. The Labute approximate surface area is 160 Å². The van der Waals surface area contributed by atoms with Crippen molar-refractivity contribution in [1.82, 2.24) is 0 Å². The molecule has 1 aromatic rings. The van der Waals surface area contributed by atoms with Gasteiger partial charge in [-0.3, -0.25) is 0 Å². The van der Waals surface area contributed by atoms with E-state index >= 15 is 0 Å². The highest BCUT2D eigenvalue weighted by Crippen LogP contribution is 2.43. The number of hydrogen-bond donors (Lipinski definition) is 0. The second-order valence-electron chi connectivity index (χ2n) is 8.42. The Morgan fingerprint density at radius 2 is 1.59 bits per heavy atom. The molecule has 0 unspecified atom stereocenters. The summed E-state index contributed by atoms with van der Waals surface area (Å²) in [4.78, 5) is 12.8. The first-order valence-corrected chi connectivity index (χ1v) is 12.1. The Hall–Kier alpha value is -1.78. The second kappa shape index (κ2) is 8.07. The Kier molecular flexibility index (Phi) is 6.95. The van der Waals surface area contributed by atoms with Crippen LogP contribution in [-0.2, 0) is 19.9 Å². The normalized spacial score (nSPS) is 15.9. The van der Waals surface area contributed by atoms with Crippen molar-refractivity contribution >= 4 is 14.0 Å². The van der Waals surface area contributed by atoms with E-state index in [1.54, 1.807) is 26.8 Å². The summed E-state index contributed by atoms with van der Waals surface area (Å²) in [6.07, 6.45) is -6.01. The van der Waals surface area contributed by atoms with Crippen molar-refractivity contribution in [3.63, 3.8) is 0 Å². The first-order valence-electron chi connectivity index (χ1n) is 8.56. The van der Waals surface area contributed by atoms with E-state index in [0.717, 1.165) is 7.11 Å². The Bertz CT molecular complexity index is 706. The third kappa shape index (κ3) is 5.60. The Morgan fingerprint density at radius 3 is 1.96 bits per heavy atom. The van der Waals surface area contributed by atoms with Crippen LogP contribution in [0.15, 0.2) is 30.3 Å². The lowest BCUT2D eigenvalue weighted by Gasteiger charge is -2.35. The van der Waals surface area contributed by atoms with Crippen molar-refractivity contribution in [2.75, 3.05) is 7.11 Å². The average Bonchev–Trinajstić information content (AvgIpc) is 2.50. The smallest absolute Gasteiger partial charge is 0.432 e. The zero-order valence-electron chi connectivity index (χ0n) is 16.8. The maximum Gasteiger partial charge on any atom is 0.432 e. The van der Waals surface area contributed by atoms with E-state index in [0.29, 0.717) is 0 Å². The first kappa shape index (κ1) is 23.3. The van der Waals surface area contributed by atoms with E-state index in [-0.39, 0.29) is 5.56 Å². The molecule has 0 heterocycles. The fourth-order valence-corrected chi connectivity index (χ4v) is 2.85. The largest absolute Gasteiger partial charge is 0.446 e. The van der Waals surface area contributed by atoms with Crippen LogP contribution in [0.5, 0.6) is 0 Å². The molecule has 0 aliphatic carbocycles. The number of alkyl halides is 3.